The number of rotatable bonds is 7. The van der Waals surface area contributed by atoms with E-state index < -0.39 is 11.9 Å². The van der Waals surface area contributed by atoms with Gasteiger partial charge in [-0.15, -0.1) is 0 Å². The summed E-state index contributed by atoms with van der Waals surface area (Å²) in [4.78, 5) is 45.1. The van der Waals surface area contributed by atoms with Gasteiger partial charge >= 0.3 is 0 Å². The van der Waals surface area contributed by atoms with Crippen molar-refractivity contribution in [2.24, 2.45) is 0 Å². The summed E-state index contributed by atoms with van der Waals surface area (Å²) in [5, 5.41) is 2.67. The molecule has 158 valence electrons. The van der Waals surface area contributed by atoms with Crippen LogP contribution in [0.5, 0.6) is 0 Å². The van der Waals surface area contributed by atoms with Crippen LogP contribution in [0.15, 0.2) is 48.7 Å². The summed E-state index contributed by atoms with van der Waals surface area (Å²) in [6.07, 6.45) is 1.72. The number of aromatic nitrogens is 1. The van der Waals surface area contributed by atoms with E-state index in [1.165, 1.54) is 24.3 Å². The molecule has 2 amide bonds. The van der Waals surface area contributed by atoms with Gasteiger partial charge in [0.05, 0.1) is 0 Å². The molecule has 1 aliphatic rings. The summed E-state index contributed by atoms with van der Waals surface area (Å²) in [7, 11) is 0. The Balaban J connectivity index is 1.42. The Morgan fingerprint density at radius 1 is 1.03 bits per heavy atom. The van der Waals surface area contributed by atoms with Gasteiger partial charge in [0.25, 0.3) is 0 Å². The quantitative estimate of drug-likeness (QED) is 0.704. The van der Waals surface area contributed by atoms with Crippen LogP contribution in [-0.2, 0) is 9.59 Å². The highest BCUT2D eigenvalue weighted by atomic mass is 19.1. The van der Waals surface area contributed by atoms with E-state index in [2.05, 4.69) is 15.2 Å². The average Bonchev–Trinajstić information content (AvgIpc) is 2.78. The molecular weight excluding hydrogens is 387 g/mol. The lowest BCUT2D eigenvalue weighted by atomic mass is 10.1. The molecule has 0 aliphatic carbocycles. The monoisotopic (exact) mass is 412 g/mol. The zero-order chi connectivity index (χ0) is 21.5. The third kappa shape index (κ3) is 5.62. The van der Waals surface area contributed by atoms with Crippen molar-refractivity contribution in [3.63, 3.8) is 0 Å². The van der Waals surface area contributed by atoms with Crippen LogP contribution < -0.4 is 10.2 Å². The van der Waals surface area contributed by atoms with Crippen molar-refractivity contribution in [3.8, 4) is 0 Å². The molecule has 7 nitrogen and oxygen atoms in total. The highest BCUT2D eigenvalue weighted by molar-refractivity contribution is 5.98. The molecule has 0 bridgehead atoms. The zero-order valence-corrected chi connectivity index (χ0v) is 16.9. The molecule has 1 atom stereocenters. The van der Waals surface area contributed by atoms with Gasteiger partial charge in [0, 0.05) is 50.8 Å². The molecule has 0 saturated carbocycles. The smallest absolute Gasteiger partial charge is 0.244 e. The number of nitrogens with one attached hydrogen (secondary N) is 1. The third-order valence-corrected chi connectivity index (χ3v) is 5.06. The second-order valence-electron chi connectivity index (χ2n) is 7.22. The van der Waals surface area contributed by atoms with E-state index in [1.54, 1.807) is 18.0 Å². The van der Waals surface area contributed by atoms with Crippen molar-refractivity contribution in [2.45, 2.75) is 25.8 Å². The van der Waals surface area contributed by atoms with E-state index in [4.69, 9.17) is 0 Å². The number of piperazine rings is 1. The molecule has 1 N–H and O–H groups in total. The minimum atomic E-state index is -0.667. The van der Waals surface area contributed by atoms with Gasteiger partial charge in [-0.1, -0.05) is 6.07 Å². The number of hydrogen-bond donors (Lipinski definition) is 1. The molecular formula is C22H25FN4O3. The zero-order valence-electron chi connectivity index (χ0n) is 16.9. The predicted octanol–water partition coefficient (Wildman–Crippen LogP) is 2.04. The number of nitrogens with zero attached hydrogens (tertiary/aromatic N) is 3. The average molecular weight is 412 g/mol. The summed E-state index contributed by atoms with van der Waals surface area (Å²) >= 11 is 0. The normalized spacial score (nSPS) is 14.9. The minimum absolute atomic E-state index is 0.00112. The number of benzene rings is 1. The maximum Gasteiger partial charge on any atom is 0.244 e. The first kappa shape index (κ1) is 21.4. The fourth-order valence-electron chi connectivity index (χ4n) is 3.35. The molecule has 1 saturated heterocycles. The van der Waals surface area contributed by atoms with Crippen LogP contribution in [-0.4, -0.2) is 59.7 Å². The highest BCUT2D eigenvalue weighted by Crippen LogP contribution is 2.13. The van der Waals surface area contributed by atoms with Gasteiger partial charge in [0.2, 0.25) is 11.8 Å². The van der Waals surface area contributed by atoms with Crippen LogP contribution in [0.2, 0.25) is 0 Å². The number of pyridine rings is 1. The minimum Gasteiger partial charge on any atom is -0.353 e. The molecule has 8 heteroatoms. The Kier molecular flexibility index (Phi) is 7.11. The van der Waals surface area contributed by atoms with Crippen molar-refractivity contribution < 1.29 is 18.8 Å². The number of hydrogen-bond acceptors (Lipinski definition) is 5. The van der Waals surface area contributed by atoms with Gasteiger partial charge in [0.1, 0.15) is 17.7 Å². The van der Waals surface area contributed by atoms with Crippen LogP contribution in [0.4, 0.5) is 10.2 Å². The van der Waals surface area contributed by atoms with Crippen molar-refractivity contribution in [3.05, 3.63) is 60.0 Å². The number of amides is 2. The number of halogens is 1. The summed E-state index contributed by atoms with van der Waals surface area (Å²) in [6.45, 7) is 4.11. The molecule has 3 rings (SSSR count). The Bertz CT molecular complexity index is 881. The van der Waals surface area contributed by atoms with Crippen LogP contribution in [0.3, 0.4) is 0 Å². The standard InChI is InChI=1S/C22H25FN4O3/c1-16(25-21(29)10-9-19(28)17-5-7-18(23)8-6-17)22(30)27-14-12-26(13-15-27)20-4-2-3-11-24-20/h2-8,11,16H,9-10,12-15H2,1H3,(H,25,29)/t16-/m0/s1. The maximum atomic E-state index is 12.9. The lowest BCUT2D eigenvalue weighted by molar-refractivity contribution is -0.136. The van der Waals surface area contributed by atoms with E-state index in [-0.39, 0.29) is 30.4 Å². The Morgan fingerprint density at radius 2 is 1.73 bits per heavy atom. The first-order chi connectivity index (χ1) is 14.4. The number of anilines is 1. The van der Waals surface area contributed by atoms with Crippen molar-refractivity contribution in [1.29, 1.82) is 0 Å². The second-order valence-corrected chi connectivity index (χ2v) is 7.22. The Labute approximate surface area is 174 Å². The molecule has 0 radical (unpaired) electrons. The molecule has 0 spiro atoms. The number of carbonyl (C=O) groups excluding carboxylic acids is 3. The first-order valence-electron chi connectivity index (χ1n) is 9.97. The predicted molar refractivity (Wildman–Crippen MR) is 111 cm³/mol. The first-order valence-corrected chi connectivity index (χ1v) is 9.97. The highest BCUT2D eigenvalue weighted by Gasteiger charge is 2.26. The largest absolute Gasteiger partial charge is 0.353 e. The molecule has 2 aromatic rings. The maximum absolute atomic E-state index is 12.9. The summed E-state index contributed by atoms with van der Waals surface area (Å²) in [5.74, 6) is -0.281. The van der Waals surface area contributed by atoms with Crippen molar-refractivity contribution >= 4 is 23.4 Å². The van der Waals surface area contributed by atoms with Gasteiger partial charge in [-0.25, -0.2) is 9.37 Å². The molecule has 2 heterocycles. The van der Waals surface area contributed by atoms with Crippen molar-refractivity contribution in [1.82, 2.24) is 15.2 Å². The van der Waals surface area contributed by atoms with Crippen LogP contribution in [0, 0.1) is 5.82 Å². The SMILES string of the molecule is C[C@H](NC(=O)CCC(=O)c1ccc(F)cc1)C(=O)N1CCN(c2ccccn2)CC1. The summed E-state index contributed by atoms with van der Waals surface area (Å²) in [6, 6.07) is 10.3. The second kappa shape index (κ2) is 9.96. The molecule has 1 aliphatic heterocycles. The summed E-state index contributed by atoms with van der Waals surface area (Å²) < 4.78 is 12.9. The van der Waals surface area contributed by atoms with Crippen LogP contribution in [0.1, 0.15) is 30.1 Å². The Morgan fingerprint density at radius 3 is 2.37 bits per heavy atom. The van der Waals surface area contributed by atoms with Crippen LogP contribution in [0.25, 0.3) is 0 Å². The van der Waals surface area contributed by atoms with Crippen molar-refractivity contribution in [2.75, 3.05) is 31.1 Å². The van der Waals surface area contributed by atoms with E-state index in [0.29, 0.717) is 31.7 Å². The molecule has 1 aromatic heterocycles. The topological polar surface area (TPSA) is 82.6 Å². The Hall–Kier alpha value is -3.29. The number of carbonyl (C=O) groups is 3. The lowest BCUT2D eigenvalue weighted by Crippen LogP contribution is -2.54. The van der Waals surface area contributed by atoms with Gasteiger partial charge in [-0.3, -0.25) is 14.4 Å². The summed E-state index contributed by atoms with van der Waals surface area (Å²) in [5.41, 5.74) is 0.360. The van der Waals surface area contributed by atoms with Gasteiger partial charge < -0.3 is 15.1 Å². The molecule has 1 aromatic carbocycles. The van der Waals surface area contributed by atoms with E-state index in [1.807, 2.05) is 18.2 Å². The van der Waals surface area contributed by atoms with E-state index in [0.717, 1.165) is 5.82 Å². The van der Waals surface area contributed by atoms with E-state index >= 15 is 0 Å². The van der Waals surface area contributed by atoms with Gasteiger partial charge in [-0.2, -0.15) is 0 Å². The number of Topliss-reactive ketones (excluding diaryl/α,β-unsaturated/α-hetero) is 1. The fraction of sp³-hybridized carbons (Fsp3) is 0.364. The molecule has 30 heavy (non-hydrogen) atoms. The lowest BCUT2D eigenvalue weighted by Gasteiger charge is -2.36. The van der Waals surface area contributed by atoms with Gasteiger partial charge in [0.15, 0.2) is 5.78 Å². The van der Waals surface area contributed by atoms with Gasteiger partial charge in [-0.05, 0) is 43.3 Å². The van der Waals surface area contributed by atoms with Crippen LogP contribution >= 0.6 is 0 Å². The third-order valence-electron chi connectivity index (χ3n) is 5.06. The number of ketones is 1. The molecule has 0 unspecified atom stereocenters. The van der Waals surface area contributed by atoms with E-state index in [9.17, 15) is 18.8 Å². The molecule has 1 fully saturated rings. The fourth-order valence-corrected chi connectivity index (χ4v) is 3.35.